The van der Waals surface area contributed by atoms with Gasteiger partial charge in [-0.15, -0.1) is 11.3 Å². The summed E-state index contributed by atoms with van der Waals surface area (Å²) >= 11 is 1.30. The predicted octanol–water partition coefficient (Wildman–Crippen LogP) is 7.29. The average Bonchev–Trinajstić information content (AvgIpc) is 4.26. The molecule has 3 atom stereocenters. The van der Waals surface area contributed by atoms with E-state index in [9.17, 15) is 32.0 Å². The van der Waals surface area contributed by atoms with Crippen molar-refractivity contribution in [2.24, 2.45) is 11.8 Å². The van der Waals surface area contributed by atoms with Crippen LogP contribution in [0.15, 0.2) is 65.4 Å². The van der Waals surface area contributed by atoms with Crippen molar-refractivity contribution in [1.82, 2.24) is 55.6 Å². The number of carbonyl (C=O) groups is 4. The van der Waals surface area contributed by atoms with Crippen LogP contribution in [0.5, 0.6) is 5.75 Å². The second-order valence-corrected chi connectivity index (χ2v) is 25.1. The Balaban J connectivity index is 0.770. The number of rotatable bonds is 18. The van der Waals surface area contributed by atoms with E-state index in [4.69, 9.17) is 4.74 Å². The van der Waals surface area contributed by atoms with Gasteiger partial charge >= 0.3 is 0 Å². The van der Waals surface area contributed by atoms with Crippen molar-refractivity contribution in [3.05, 3.63) is 99.4 Å². The van der Waals surface area contributed by atoms with E-state index in [1.807, 2.05) is 13.8 Å². The zero-order valence-corrected chi connectivity index (χ0v) is 46.8. The van der Waals surface area contributed by atoms with E-state index in [0.717, 1.165) is 56.5 Å². The van der Waals surface area contributed by atoms with Gasteiger partial charge in [0.2, 0.25) is 23.5 Å². The molecule has 78 heavy (non-hydrogen) atoms. The van der Waals surface area contributed by atoms with Crippen molar-refractivity contribution in [3.63, 3.8) is 0 Å². The first-order valence-corrected chi connectivity index (χ1v) is 29.0. The molecule has 414 valence electrons. The molecular formula is C55H68FN13O7S2. The number of amides is 3. The number of ether oxygens (including phenoxy) is 1. The van der Waals surface area contributed by atoms with Gasteiger partial charge in [-0.3, -0.25) is 24.3 Å². The zero-order chi connectivity index (χ0) is 55.5. The molecule has 6 aromatic rings. The van der Waals surface area contributed by atoms with Gasteiger partial charge in [-0.25, -0.2) is 37.7 Å². The van der Waals surface area contributed by atoms with Crippen molar-refractivity contribution >= 4 is 73.2 Å². The summed E-state index contributed by atoms with van der Waals surface area (Å²) in [5.74, 6) is 0.498. The van der Waals surface area contributed by atoms with Gasteiger partial charge in [-0.1, -0.05) is 0 Å². The van der Waals surface area contributed by atoms with Crippen LogP contribution in [0.2, 0.25) is 0 Å². The fourth-order valence-electron chi connectivity index (χ4n) is 10.3. The van der Waals surface area contributed by atoms with Crippen molar-refractivity contribution in [3.8, 4) is 5.75 Å². The highest BCUT2D eigenvalue weighted by molar-refractivity contribution is 7.92. The summed E-state index contributed by atoms with van der Waals surface area (Å²) in [5.41, 5.74) is 3.28. The minimum Gasteiger partial charge on any atom is -0.492 e. The molecule has 0 saturated carbocycles. The molecule has 20 nitrogen and oxygen atoms in total. The number of fused-ring (bicyclic) bond motifs is 1. The minimum atomic E-state index is -3.83. The number of carbonyl (C=O) groups excluding carboxylic acids is 4. The van der Waals surface area contributed by atoms with Gasteiger partial charge in [0.05, 0.1) is 34.5 Å². The number of halogens is 1. The normalized spacial score (nSPS) is 17.5. The molecule has 7 heterocycles. The molecule has 4 N–H and O–H groups in total. The third-order valence-corrected chi connectivity index (χ3v) is 18.9. The smallest absolute Gasteiger partial charge is 0.256 e. The number of nitrogens with zero attached hydrogens (tertiary/aromatic N) is 9. The lowest BCUT2D eigenvalue weighted by molar-refractivity contribution is -0.139. The first-order chi connectivity index (χ1) is 37.3. The lowest BCUT2D eigenvalue weighted by Crippen LogP contribution is -2.57. The summed E-state index contributed by atoms with van der Waals surface area (Å²) in [6.07, 6.45) is 10.3. The van der Waals surface area contributed by atoms with E-state index in [0.29, 0.717) is 96.0 Å². The quantitative estimate of drug-likeness (QED) is 0.0487. The first kappa shape index (κ1) is 55.8. The Morgan fingerprint density at radius 2 is 1.63 bits per heavy atom. The van der Waals surface area contributed by atoms with Crippen LogP contribution in [0, 0.1) is 31.5 Å². The maximum Gasteiger partial charge on any atom is 0.256 e. The van der Waals surface area contributed by atoms with Gasteiger partial charge < -0.3 is 35.4 Å². The van der Waals surface area contributed by atoms with E-state index in [-0.39, 0.29) is 51.8 Å². The first-order valence-electron chi connectivity index (χ1n) is 26.7. The van der Waals surface area contributed by atoms with Gasteiger partial charge in [-0.2, -0.15) is 5.10 Å². The monoisotopic (exact) mass is 1110 g/mol. The summed E-state index contributed by atoms with van der Waals surface area (Å²) < 4.78 is 46.7. The second kappa shape index (κ2) is 23.5. The molecule has 2 unspecified atom stereocenters. The van der Waals surface area contributed by atoms with E-state index in [1.54, 1.807) is 74.4 Å². The number of hydrogen-bond acceptors (Lipinski definition) is 17. The van der Waals surface area contributed by atoms with E-state index in [2.05, 4.69) is 56.0 Å². The number of aromatic amines is 1. The molecule has 3 amide bonds. The molecule has 3 aliphatic rings. The Morgan fingerprint density at radius 1 is 0.910 bits per heavy atom. The van der Waals surface area contributed by atoms with Crippen LogP contribution in [0.4, 0.5) is 22.0 Å². The van der Waals surface area contributed by atoms with Crippen molar-refractivity contribution < 1.29 is 36.7 Å². The molecule has 0 radical (unpaired) electrons. The molecule has 3 aliphatic heterocycles. The average molecular weight is 1110 g/mol. The van der Waals surface area contributed by atoms with Crippen molar-refractivity contribution in [2.75, 3.05) is 56.6 Å². The van der Waals surface area contributed by atoms with Crippen LogP contribution in [-0.2, 0) is 19.4 Å². The number of H-pyrrole nitrogens is 1. The van der Waals surface area contributed by atoms with E-state index in [1.165, 1.54) is 41.9 Å². The molecule has 0 bridgehead atoms. The lowest BCUT2D eigenvalue weighted by Gasteiger charge is -2.38. The molecule has 3 fully saturated rings. The molecule has 3 saturated heterocycles. The van der Waals surface area contributed by atoms with Gasteiger partial charge in [-0.05, 0) is 142 Å². The Hall–Kier alpha value is -6.98. The molecule has 23 heteroatoms. The third kappa shape index (κ3) is 12.0. The number of thiazole rings is 1. The lowest BCUT2D eigenvalue weighted by atomic mass is 9.87. The number of aromatic nitrogens is 7. The van der Waals surface area contributed by atoms with E-state index >= 15 is 0 Å². The standard InChI is InChI=1S/C55H68FN13O7S2/c1-32-33(2)65-66-48(32)64-49-40-26-45(78(74,75)55(4,5)6)44(27-41(40)60-31-61-49)76-25-9-10-35-16-21-68(22-17-35)54-58-28-38(29-59-54)52(72)67-23-18-36(19-24-67)46(63-50(71)34(3)57-7)53(73)69-20-8-11-43(69)51-62-42(30-77-51)47(70)37-12-14-39(56)15-13-37/h12-15,26-31,34-36,43,46,57H,8-11,16-25H2,1-7H3,(H,63,71)(H2,60,61,64,65,66)/t34?,43?,46-/m0/s1. The zero-order valence-electron chi connectivity index (χ0n) is 45.1. The molecule has 9 rings (SSSR count). The number of benzene rings is 2. The maximum atomic E-state index is 14.6. The number of anilines is 3. The Kier molecular flexibility index (Phi) is 16.8. The van der Waals surface area contributed by atoms with Gasteiger partial charge in [0.1, 0.15) is 45.4 Å². The van der Waals surface area contributed by atoms with Crippen molar-refractivity contribution in [2.45, 2.75) is 121 Å². The number of ketones is 1. The van der Waals surface area contributed by atoms with E-state index < -0.39 is 32.5 Å². The highest BCUT2D eigenvalue weighted by Crippen LogP contribution is 2.39. The molecule has 0 aliphatic carbocycles. The number of likely N-dealkylation sites (N-methyl/N-ethyl adjacent to an activating group) is 1. The predicted molar refractivity (Wildman–Crippen MR) is 294 cm³/mol. The van der Waals surface area contributed by atoms with Gasteiger partial charge in [0.25, 0.3) is 5.91 Å². The Bertz CT molecular complexity index is 3260. The number of likely N-dealkylation sites (tertiary alicyclic amines) is 2. The fourth-order valence-corrected chi connectivity index (χ4v) is 12.5. The maximum absolute atomic E-state index is 14.6. The summed E-state index contributed by atoms with van der Waals surface area (Å²) in [5, 5.41) is 19.3. The fraction of sp³-hybridized carbons (Fsp3) is 0.491. The summed E-state index contributed by atoms with van der Waals surface area (Å²) in [4.78, 5) is 83.5. The Labute approximate surface area is 457 Å². The highest BCUT2D eigenvalue weighted by atomic mass is 32.2. The van der Waals surface area contributed by atoms with Gasteiger partial charge in [0, 0.05) is 78.8 Å². The summed E-state index contributed by atoms with van der Waals surface area (Å²) in [6, 6.07) is 6.82. The van der Waals surface area contributed by atoms with Gasteiger partial charge in [0.15, 0.2) is 15.7 Å². The third-order valence-electron chi connectivity index (χ3n) is 15.5. The summed E-state index contributed by atoms with van der Waals surface area (Å²) in [7, 11) is -2.15. The van der Waals surface area contributed by atoms with Crippen LogP contribution in [-0.4, -0.2) is 140 Å². The number of piperidine rings is 2. The largest absolute Gasteiger partial charge is 0.492 e. The number of sulfone groups is 1. The Morgan fingerprint density at radius 3 is 2.29 bits per heavy atom. The number of hydrogen-bond donors (Lipinski definition) is 4. The molecular weight excluding hydrogens is 1040 g/mol. The molecule has 4 aromatic heterocycles. The highest BCUT2D eigenvalue weighted by Gasteiger charge is 2.42. The number of nitrogens with one attached hydrogen (secondary N) is 4. The molecule has 2 aromatic carbocycles. The van der Waals surface area contributed by atoms with Crippen LogP contribution < -0.4 is 25.6 Å². The SMILES string of the molecule is CNC(C)C(=O)N[C@H](C(=O)N1CCCC1c1nc(C(=O)c2ccc(F)cc2)cs1)C1CCN(C(=O)c2cnc(N3CCC(CCCOc4cc5ncnc(Nc6n[nH]c(C)c6C)c5cc4S(=O)(=O)C(C)(C)C)CC3)nc2)CC1. The summed E-state index contributed by atoms with van der Waals surface area (Å²) in [6.45, 7) is 13.6. The van der Waals surface area contributed by atoms with Crippen LogP contribution >= 0.6 is 11.3 Å². The minimum absolute atomic E-state index is 0.0822. The number of aryl methyl sites for hydroxylation is 1. The topological polar surface area (TPSA) is 251 Å². The van der Waals surface area contributed by atoms with Crippen molar-refractivity contribution in [1.29, 1.82) is 0 Å². The van der Waals surface area contributed by atoms with Crippen LogP contribution in [0.1, 0.15) is 128 Å². The molecule has 0 spiro atoms. The second-order valence-electron chi connectivity index (χ2n) is 21.5. The van der Waals surface area contributed by atoms with Crippen LogP contribution in [0.3, 0.4) is 0 Å². The van der Waals surface area contributed by atoms with Crippen LogP contribution in [0.25, 0.3) is 10.9 Å².